The molecule has 2 aromatic rings. The lowest BCUT2D eigenvalue weighted by Crippen LogP contribution is -2.13. The third-order valence-electron chi connectivity index (χ3n) is 3.85. The number of nitrogens with zero attached hydrogens (tertiary/aromatic N) is 1. The molecule has 0 unspecified atom stereocenters. The summed E-state index contributed by atoms with van der Waals surface area (Å²) in [7, 11) is 1.51. The maximum Gasteiger partial charge on any atom is 0.266 e. The zero-order valence-electron chi connectivity index (χ0n) is 15.6. The number of nitriles is 1. The van der Waals surface area contributed by atoms with Crippen LogP contribution in [0.2, 0.25) is 0 Å². The van der Waals surface area contributed by atoms with Gasteiger partial charge in [0.05, 0.1) is 10.7 Å². The van der Waals surface area contributed by atoms with Crippen molar-refractivity contribution < 1.29 is 14.3 Å². The van der Waals surface area contributed by atoms with E-state index in [2.05, 4.69) is 40.8 Å². The first-order valence-electron chi connectivity index (χ1n) is 8.48. The average Bonchev–Trinajstić information content (AvgIpc) is 2.71. The van der Waals surface area contributed by atoms with Crippen LogP contribution in [0.5, 0.6) is 11.5 Å². The van der Waals surface area contributed by atoms with Crippen LogP contribution < -0.4 is 14.8 Å². The number of benzene rings is 2. The topological polar surface area (TPSA) is 71.3 Å². The van der Waals surface area contributed by atoms with Crippen molar-refractivity contribution in [3.05, 3.63) is 56.7 Å². The van der Waals surface area contributed by atoms with Crippen LogP contribution >= 0.6 is 22.6 Å². The van der Waals surface area contributed by atoms with Crippen molar-refractivity contribution in [1.82, 2.24) is 0 Å². The maximum atomic E-state index is 12.5. The summed E-state index contributed by atoms with van der Waals surface area (Å²) >= 11 is 2.09. The third kappa shape index (κ3) is 5.51. The highest BCUT2D eigenvalue weighted by Crippen LogP contribution is 2.34. The second kappa shape index (κ2) is 10.4. The highest BCUT2D eigenvalue weighted by molar-refractivity contribution is 14.1. The van der Waals surface area contributed by atoms with Crippen LogP contribution in [0, 0.1) is 27.2 Å². The summed E-state index contributed by atoms with van der Waals surface area (Å²) in [5.74, 6) is 2.93. The first-order chi connectivity index (χ1) is 13.5. The van der Waals surface area contributed by atoms with Gasteiger partial charge in [-0.1, -0.05) is 25.0 Å². The predicted octanol–water partition coefficient (Wildman–Crippen LogP) is 4.42. The number of amides is 1. The van der Waals surface area contributed by atoms with Crippen molar-refractivity contribution >= 4 is 40.3 Å². The van der Waals surface area contributed by atoms with Gasteiger partial charge in [0.15, 0.2) is 11.5 Å². The lowest BCUT2D eigenvalue weighted by Gasteiger charge is -2.12. The molecule has 0 heterocycles. The third-order valence-corrected chi connectivity index (χ3v) is 4.65. The van der Waals surface area contributed by atoms with Gasteiger partial charge in [0.2, 0.25) is 0 Å². The molecule has 5 nitrogen and oxygen atoms in total. The van der Waals surface area contributed by atoms with Gasteiger partial charge >= 0.3 is 0 Å². The fraction of sp³-hybridized carbons (Fsp3) is 0.182. The number of aryl methyl sites for hydroxylation is 1. The number of anilines is 1. The largest absolute Gasteiger partial charge is 0.493 e. The van der Waals surface area contributed by atoms with Gasteiger partial charge in [-0.15, -0.1) is 6.42 Å². The normalized spacial score (nSPS) is 10.5. The molecular formula is C22H19IN2O3. The van der Waals surface area contributed by atoms with Crippen LogP contribution in [0.4, 0.5) is 5.69 Å². The van der Waals surface area contributed by atoms with E-state index in [0.29, 0.717) is 22.7 Å². The zero-order chi connectivity index (χ0) is 20.5. The molecule has 0 fully saturated rings. The number of hydrogen-bond donors (Lipinski definition) is 1. The van der Waals surface area contributed by atoms with Crippen LogP contribution in [0.1, 0.15) is 18.1 Å². The summed E-state index contributed by atoms with van der Waals surface area (Å²) < 4.78 is 11.6. The lowest BCUT2D eigenvalue weighted by molar-refractivity contribution is -0.112. The van der Waals surface area contributed by atoms with Crippen LogP contribution in [0.25, 0.3) is 6.08 Å². The molecule has 0 saturated heterocycles. The van der Waals surface area contributed by atoms with Crippen molar-refractivity contribution in [2.75, 3.05) is 19.0 Å². The first kappa shape index (κ1) is 21.3. The van der Waals surface area contributed by atoms with Crippen LogP contribution in [-0.4, -0.2) is 19.6 Å². The van der Waals surface area contributed by atoms with Crippen LogP contribution in [0.15, 0.2) is 42.0 Å². The molecule has 1 amide bonds. The zero-order valence-corrected chi connectivity index (χ0v) is 17.7. The molecular weight excluding hydrogens is 467 g/mol. The molecule has 28 heavy (non-hydrogen) atoms. The minimum atomic E-state index is -0.478. The molecule has 0 radical (unpaired) electrons. The average molecular weight is 486 g/mol. The van der Waals surface area contributed by atoms with E-state index in [9.17, 15) is 10.1 Å². The molecule has 0 spiro atoms. The van der Waals surface area contributed by atoms with E-state index >= 15 is 0 Å². The highest BCUT2D eigenvalue weighted by atomic mass is 127. The van der Waals surface area contributed by atoms with Gasteiger partial charge < -0.3 is 14.8 Å². The number of terminal acetylenes is 1. The SMILES string of the molecule is C#CCOc1c(I)cc(/C=C(\C#N)C(=O)Nc2ccc(CC)cc2)cc1OC. The standard InChI is InChI=1S/C22H19IN2O3/c1-4-10-28-21-19(23)12-16(13-20(21)27-3)11-17(14-24)22(26)25-18-8-6-15(5-2)7-9-18/h1,6-9,11-13H,5,10H2,2-3H3,(H,25,26)/b17-11+. The van der Waals surface area contributed by atoms with E-state index < -0.39 is 5.91 Å². The molecule has 142 valence electrons. The number of hydrogen-bond acceptors (Lipinski definition) is 4. The monoisotopic (exact) mass is 486 g/mol. The minimum absolute atomic E-state index is 0.0188. The van der Waals surface area contributed by atoms with Crippen LogP contribution in [-0.2, 0) is 11.2 Å². The van der Waals surface area contributed by atoms with Gasteiger partial charge in [0.1, 0.15) is 18.2 Å². The van der Waals surface area contributed by atoms with Gasteiger partial charge in [-0.05, 0) is 70.5 Å². The fourth-order valence-electron chi connectivity index (χ4n) is 2.41. The molecule has 0 aliphatic rings. The maximum absolute atomic E-state index is 12.5. The van der Waals surface area contributed by atoms with Gasteiger partial charge in [0.25, 0.3) is 5.91 Å². The molecule has 0 aromatic heterocycles. The van der Waals surface area contributed by atoms with E-state index in [0.717, 1.165) is 9.99 Å². The van der Waals surface area contributed by atoms with Crippen molar-refractivity contribution in [2.24, 2.45) is 0 Å². The fourth-order valence-corrected chi connectivity index (χ4v) is 3.20. The Bertz CT molecular complexity index is 967. The molecule has 0 bridgehead atoms. The molecule has 6 heteroatoms. The minimum Gasteiger partial charge on any atom is -0.493 e. The van der Waals surface area contributed by atoms with E-state index in [-0.39, 0.29) is 12.2 Å². The Kier molecular flexibility index (Phi) is 7.91. The molecule has 0 saturated carbocycles. The van der Waals surface area contributed by atoms with Gasteiger partial charge in [-0.25, -0.2) is 0 Å². The highest BCUT2D eigenvalue weighted by Gasteiger charge is 2.14. The molecule has 2 rings (SSSR count). The Morgan fingerprint density at radius 3 is 2.61 bits per heavy atom. The van der Waals surface area contributed by atoms with Crippen molar-refractivity contribution in [1.29, 1.82) is 5.26 Å². The number of ether oxygens (including phenoxy) is 2. The van der Waals surface area contributed by atoms with Gasteiger partial charge in [-0.2, -0.15) is 5.26 Å². The number of methoxy groups -OCH3 is 1. The summed E-state index contributed by atoms with van der Waals surface area (Å²) in [6, 6.07) is 12.9. The summed E-state index contributed by atoms with van der Waals surface area (Å²) in [5, 5.41) is 12.2. The van der Waals surface area contributed by atoms with Crippen molar-refractivity contribution in [2.45, 2.75) is 13.3 Å². The summed E-state index contributed by atoms with van der Waals surface area (Å²) in [4.78, 5) is 12.5. The van der Waals surface area contributed by atoms with E-state index in [4.69, 9.17) is 15.9 Å². The van der Waals surface area contributed by atoms with E-state index in [1.165, 1.54) is 18.7 Å². The van der Waals surface area contributed by atoms with E-state index in [1.807, 2.05) is 30.3 Å². The number of halogens is 1. The molecule has 0 aliphatic heterocycles. The Hall–Kier alpha value is -2.97. The smallest absolute Gasteiger partial charge is 0.266 e. The Balaban J connectivity index is 2.27. The van der Waals surface area contributed by atoms with Crippen molar-refractivity contribution in [3.8, 4) is 29.9 Å². The van der Waals surface area contributed by atoms with E-state index in [1.54, 1.807) is 12.1 Å². The molecule has 2 aromatic carbocycles. The van der Waals surface area contributed by atoms with Gasteiger partial charge in [0, 0.05) is 5.69 Å². The Morgan fingerprint density at radius 1 is 1.32 bits per heavy atom. The lowest BCUT2D eigenvalue weighted by atomic mass is 10.1. The molecule has 0 aliphatic carbocycles. The number of rotatable bonds is 7. The molecule has 0 atom stereocenters. The number of carbonyl (C=O) groups is 1. The second-order valence-electron chi connectivity index (χ2n) is 5.70. The number of nitrogens with one attached hydrogen (secondary N) is 1. The van der Waals surface area contributed by atoms with Gasteiger partial charge in [-0.3, -0.25) is 4.79 Å². The number of carbonyl (C=O) groups excluding carboxylic acids is 1. The van der Waals surface area contributed by atoms with Crippen molar-refractivity contribution in [3.63, 3.8) is 0 Å². The summed E-state index contributed by atoms with van der Waals surface area (Å²) in [5.41, 5.74) is 2.42. The summed E-state index contributed by atoms with van der Waals surface area (Å²) in [6.45, 7) is 2.17. The molecule has 1 N–H and O–H groups in total. The Labute approximate surface area is 178 Å². The second-order valence-corrected chi connectivity index (χ2v) is 6.86. The predicted molar refractivity (Wildman–Crippen MR) is 118 cm³/mol. The first-order valence-corrected chi connectivity index (χ1v) is 9.56. The van der Waals surface area contributed by atoms with Crippen LogP contribution in [0.3, 0.4) is 0 Å². The summed E-state index contributed by atoms with van der Waals surface area (Å²) in [6.07, 6.45) is 7.66. The Morgan fingerprint density at radius 2 is 2.04 bits per heavy atom. The quantitative estimate of drug-likeness (QED) is 0.272.